The fourth-order valence-electron chi connectivity index (χ4n) is 2.04. The van der Waals surface area contributed by atoms with E-state index < -0.39 is 5.97 Å². The van der Waals surface area contributed by atoms with Crippen molar-refractivity contribution in [3.8, 4) is 11.5 Å². The molecule has 2 aromatic rings. The molecule has 1 atom stereocenters. The van der Waals surface area contributed by atoms with E-state index in [1.54, 1.807) is 12.1 Å². The van der Waals surface area contributed by atoms with Crippen LogP contribution in [0.4, 0.5) is 0 Å². The van der Waals surface area contributed by atoms with Crippen LogP contribution >= 0.6 is 0 Å². The Morgan fingerprint density at radius 2 is 1.86 bits per heavy atom. The highest BCUT2D eigenvalue weighted by atomic mass is 16.5. The summed E-state index contributed by atoms with van der Waals surface area (Å²) in [4.78, 5) is 11.4. The van der Waals surface area contributed by atoms with Crippen molar-refractivity contribution >= 4 is 5.97 Å². The van der Waals surface area contributed by atoms with E-state index in [-0.39, 0.29) is 17.4 Å². The van der Waals surface area contributed by atoms with Crippen molar-refractivity contribution in [1.82, 2.24) is 0 Å². The van der Waals surface area contributed by atoms with E-state index >= 15 is 0 Å². The summed E-state index contributed by atoms with van der Waals surface area (Å²) in [6, 6.07) is 14.5. The lowest BCUT2D eigenvalue weighted by Gasteiger charge is -2.19. The van der Waals surface area contributed by atoms with Crippen LogP contribution in [-0.2, 0) is 0 Å². The van der Waals surface area contributed by atoms with Crippen molar-refractivity contribution in [2.75, 3.05) is 6.61 Å². The summed E-state index contributed by atoms with van der Waals surface area (Å²) < 4.78 is 11.3. The maximum absolute atomic E-state index is 11.4. The van der Waals surface area contributed by atoms with Gasteiger partial charge in [-0.25, -0.2) is 4.79 Å². The molecule has 0 heterocycles. The van der Waals surface area contributed by atoms with Gasteiger partial charge in [0.25, 0.3) is 0 Å². The lowest BCUT2D eigenvalue weighted by Crippen LogP contribution is -2.09. The molecule has 4 heteroatoms. The van der Waals surface area contributed by atoms with Crippen molar-refractivity contribution in [2.45, 2.75) is 20.0 Å². The fourth-order valence-corrected chi connectivity index (χ4v) is 2.04. The summed E-state index contributed by atoms with van der Waals surface area (Å²) in [5.41, 5.74) is 1.07. The second-order valence-electron chi connectivity index (χ2n) is 4.54. The van der Waals surface area contributed by atoms with E-state index in [0.717, 1.165) is 5.56 Å². The summed E-state index contributed by atoms with van der Waals surface area (Å²) in [5.74, 6) is -0.324. The van der Waals surface area contributed by atoms with Crippen LogP contribution in [0.3, 0.4) is 0 Å². The number of ether oxygens (including phenoxy) is 2. The molecule has 0 saturated heterocycles. The van der Waals surface area contributed by atoms with Crippen LogP contribution in [0.25, 0.3) is 0 Å². The van der Waals surface area contributed by atoms with E-state index in [2.05, 4.69) is 0 Å². The highest BCUT2D eigenvalue weighted by Crippen LogP contribution is 2.35. The molecule has 0 amide bonds. The molecule has 2 rings (SSSR count). The minimum atomic E-state index is -1.04. The smallest absolute Gasteiger partial charge is 0.339 e. The molecule has 0 fully saturated rings. The Hall–Kier alpha value is -2.49. The number of carboxylic acids is 1. The Kier molecular flexibility index (Phi) is 4.82. The molecule has 0 aromatic heterocycles. The molecular formula is C17H18O4. The quantitative estimate of drug-likeness (QED) is 0.874. The zero-order chi connectivity index (χ0) is 15.2. The fraction of sp³-hybridized carbons (Fsp3) is 0.235. The molecule has 0 bridgehead atoms. The van der Waals surface area contributed by atoms with Gasteiger partial charge in [0, 0.05) is 0 Å². The maximum atomic E-state index is 11.4. The summed E-state index contributed by atoms with van der Waals surface area (Å²) >= 11 is 0. The van der Waals surface area contributed by atoms with Gasteiger partial charge in [-0.15, -0.1) is 0 Å². The standard InChI is InChI=1S/C17H18O4/c1-3-20-15-11-7-10-14(17(18)19)16(15)21-12(2)13-8-5-4-6-9-13/h4-12H,3H2,1-2H3,(H,18,19). The highest BCUT2D eigenvalue weighted by molar-refractivity contribution is 5.92. The Balaban J connectivity index is 2.35. The number of hydrogen-bond acceptors (Lipinski definition) is 3. The van der Waals surface area contributed by atoms with Gasteiger partial charge in [0.2, 0.25) is 0 Å². The van der Waals surface area contributed by atoms with Gasteiger partial charge < -0.3 is 14.6 Å². The molecule has 0 spiro atoms. The van der Waals surface area contributed by atoms with Crippen LogP contribution in [0.15, 0.2) is 48.5 Å². The topological polar surface area (TPSA) is 55.8 Å². The molecule has 0 radical (unpaired) electrons. The van der Waals surface area contributed by atoms with Crippen LogP contribution in [0.2, 0.25) is 0 Å². The monoisotopic (exact) mass is 286 g/mol. The first-order valence-electron chi connectivity index (χ1n) is 6.84. The first-order valence-corrected chi connectivity index (χ1v) is 6.84. The molecule has 110 valence electrons. The molecule has 0 aliphatic rings. The average Bonchev–Trinajstić information content (AvgIpc) is 2.49. The van der Waals surface area contributed by atoms with Crippen molar-refractivity contribution < 1.29 is 19.4 Å². The molecule has 4 nitrogen and oxygen atoms in total. The van der Waals surface area contributed by atoms with Crippen LogP contribution in [0.1, 0.15) is 35.9 Å². The Labute approximate surface area is 123 Å². The molecule has 0 aliphatic heterocycles. The van der Waals surface area contributed by atoms with E-state index in [4.69, 9.17) is 9.47 Å². The Bertz CT molecular complexity index is 607. The lowest BCUT2D eigenvalue weighted by atomic mass is 10.1. The van der Waals surface area contributed by atoms with Gasteiger partial charge in [-0.05, 0) is 31.5 Å². The van der Waals surface area contributed by atoms with Crippen molar-refractivity contribution in [3.05, 3.63) is 59.7 Å². The minimum Gasteiger partial charge on any atom is -0.490 e. The first-order chi connectivity index (χ1) is 10.1. The normalized spacial score (nSPS) is 11.7. The van der Waals surface area contributed by atoms with Crippen molar-refractivity contribution in [3.63, 3.8) is 0 Å². The maximum Gasteiger partial charge on any atom is 0.339 e. The molecule has 21 heavy (non-hydrogen) atoms. The lowest BCUT2D eigenvalue weighted by molar-refractivity contribution is 0.0688. The zero-order valence-electron chi connectivity index (χ0n) is 12.1. The van der Waals surface area contributed by atoms with Gasteiger partial charge in [0.1, 0.15) is 11.7 Å². The van der Waals surface area contributed by atoms with Gasteiger partial charge in [-0.2, -0.15) is 0 Å². The molecule has 2 aromatic carbocycles. The third-order valence-corrected chi connectivity index (χ3v) is 3.07. The molecule has 0 aliphatic carbocycles. The Morgan fingerprint density at radius 3 is 2.48 bits per heavy atom. The van der Waals surface area contributed by atoms with Crippen LogP contribution in [-0.4, -0.2) is 17.7 Å². The first kappa shape index (κ1) is 14.9. The van der Waals surface area contributed by atoms with Crippen LogP contribution in [0, 0.1) is 0 Å². The van der Waals surface area contributed by atoms with E-state index in [1.807, 2.05) is 44.2 Å². The third kappa shape index (κ3) is 3.54. The summed E-state index contributed by atoms with van der Waals surface area (Å²) in [7, 11) is 0. The molecule has 0 saturated carbocycles. The highest BCUT2D eigenvalue weighted by Gasteiger charge is 2.19. The number of hydrogen-bond donors (Lipinski definition) is 1. The molecule has 1 unspecified atom stereocenters. The van der Waals surface area contributed by atoms with Gasteiger partial charge in [-0.3, -0.25) is 0 Å². The van der Waals surface area contributed by atoms with Crippen LogP contribution < -0.4 is 9.47 Å². The summed E-state index contributed by atoms with van der Waals surface area (Å²) in [6.07, 6.45) is -0.272. The zero-order valence-corrected chi connectivity index (χ0v) is 12.1. The number of benzene rings is 2. The van der Waals surface area contributed by atoms with Gasteiger partial charge >= 0.3 is 5.97 Å². The Morgan fingerprint density at radius 1 is 1.14 bits per heavy atom. The third-order valence-electron chi connectivity index (χ3n) is 3.07. The number of carbonyl (C=O) groups is 1. The van der Waals surface area contributed by atoms with E-state index in [0.29, 0.717) is 12.4 Å². The second-order valence-corrected chi connectivity index (χ2v) is 4.54. The SMILES string of the molecule is CCOc1cccc(C(=O)O)c1OC(C)c1ccccc1. The number of para-hydroxylation sites is 1. The van der Waals surface area contributed by atoms with Crippen molar-refractivity contribution in [1.29, 1.82) is 0 Å². The summed E-state index contributed by atoms with van der Waals surface area (Å²) in [6.45, 7) is 4.17. The van der Waals surface area contributed by atoms with Crippen LogP contribution in [0.5, 0.6) is 11.5 Å². The van der Waals surface area contributed by atoms with Gasteiger partial charge in [0.15, 0.2) is 11.5 Å². The number of carboxylic acid groups (broad SMARTS) is 1. The van der Waals surface area contributed by atoms with E-state index in [9.17, 15) is 9.90 Å². The minimum absolute atomic E-state index is 0.101. The largest absolute Gasteiger partial charge is 0.490 e. The molecule has 1 N–H and O–H groups in total. The van der Waals surface area contributed by atoms with Gasteiger partial charge in [-0.1, -0.05) is 36.4 Å². The number of rotatable bonds is 6. The van der Waals surface area contributed by atoms with Crippen molar-refractivity contribution in [2.24, 2.45) is 0 Å². The summed E-state index contributed by atoms with van der Waals surface area (Å²) in [5, 5.41) is 9.31. The molecular weight excluding hydrogens is 268 g/mol. The number of aromatic carboxylic acids is 1. The predicted molar refractivity (Wildman–Crippen MR) is 80.1 cm³/mol. The van der Waals surface area contributed by atoms with Gasteiger partial charge in [0.05, 0.1) is 6.61 Å². The predicted octanol–water partition coefficient (Wildman–Crippen LogP) is 3.92. The van der Waals surface area contributed by atoms with E-state index in [1.165, 1.54) is 6.07 Å². The second kappa shape index (κ2) is 6.79. The average molecular weight is 286 g/mol.